The molecule has 0 spiro atoms. The molecule has 1 fully saturated rings. The number of aromatic nitrogens is 2. The summed E-state index contributed by atoms with van der Waals surface area (Å²) in [6.07, 6.45) is 3.59. The smallest absolute Gasteiger partial charge is 0.0906 e. The summed E-state index contributed by atoms with van der Waals surface area (Å²) in [6.45, 7) is 7.17. The third-order valence-corrected chi connectivity index (χ3v) is 4.54. The summed E-state index contributed by atoms with van der Waals surface area (Å²) in [5.41, 5.74) is 2.77. The summed E-state index contributed by atoms with van der Waals surface area (Å²) in [7, 11) is 0. The molecule has 0 aromatic carbocycles. The van der Waals surface area contributed by atoms with Gasteiger partial charge >= 0.3 is 0 Å². The van der Waals surface area contributed by atoms with Crippen LogP contribution in [0.25, 0.3) is 11.4 Å². The van der Waals surface area contributed by atoms with E-state index in [2.05, 4.69) is 20.9 Å². The molecule has 2 aromatic rings. The minimum Gasteiger partial charge on any atom is -0.377 e. The van der Waals surface area contributed by atoms with Gasteiger partial charge < -0.3 is 28.6 Å². The van der Waals surface area contributed by atoms with Crippen LogP contribution < -0.4 is 4.90 Å². The molecule has 30 heavy (non-hydrogen) atoms. The number of hydrogen-bond donors (Lipinski definition) is 0. The molecule has 0 atom stereocenters. The quantitative estimate of drug-likeness (QED) is 0.735. The van der Waals surface area contributed by atoms with Gasteiger partial charge in [-0.05, 0) is 24.3 Å². The Kier molecular flexibility index (Phi) is 10.5. The minimum atomic E-state index is 0.558. The van der Waals surface area contributed by atoms with Crippen LogP contribution in [0.4, 0.5) is 5.69 Å². The van der Waals surface area contributed by atoms with Gasteiger partial charge in [0.2, 0.25) is 0 Å². The van der Waals surface area contributed by atoms with Crippen molar-refractivity contribution in [1.82, 2.24) is 9.97 Å². The fraction of sp³-hybridized carbons (Fsp3) is 0.545. The number of pyridine rings is 2. The lowest BCUT2D eigenvalue weighted by molar-refractivity contribution is -0.0116. The first-order valence-corrected chi connectivity index (χ1v) is 10.4. The molecule has 0 bridgehead atoms. The molecule has 0 N–H and O–H groups in total. The second-order valence-electron chi connectivity index (χ2n) is 6.66. The fourth-order valence-corrected chi connectivity index (χ4v) is 2.97. The van der Waals surface area contributed by atoms with Crippen molar-refractivity contribution in [3.63, 3.8) is 0 Å². The van der Waals surface area contributed by atoms with E-state index in [1.165, 1.54) is 0 Å². The van der Waals surface area contributed by atoms with Crippen molar-refractivity contribution >= 4 is 5.69 Å². The van der Waals surface area contributed by atoms with E-state index < -0.39 is 0 Å². The summed E-state index contributed by atoms with van der Waals surface area (Å²) < 4.78 is 28.0. The van der Waals surface area contributed by atoms with Crippen molar-refractivity contribution in [2.45, 2.75) is 0 Å². The lowest BCUT2D eigenvalue weighted by Gasteiger charge is -2.25. The molecule has 8 nitrogen and oxygen atoms in total. The van der Waals surface area contributed by atoms with E-state index >= 15 is 0 Å². The first kappa shape index (κ1) is 22.6. The van der Waals surface area contributed by atoms with Gasteiger partial charge in [-0.2, -0.15) is 0 Å². The van der Waals surface area contributed by atoms with E-state index in [4.69, 9.17) is 23.7 Å². The second-order valence-corrected chi connectivity index (χ2v) is 6.66. The first-order chi connectivity index (χ1) is 14.9. The summed E-state index contributed by atoms with van der Waals surface area (Å²) in [6, 6.07) is 9.89. The Balaban J connectivity index is 1.59. The average Bonchev–Trinajstić information content (AvgIpc) is 2.80. The third-order valence-electron chi connectivity index (χ3n) is 4.54. The Morgan fingerprint density at radius 3 is 1.63 bits per heavy atom. The Hall–Kier alpha value is -2.10. The zero-order valence-electron chi connectivity index (χ0n) is 17.4. The normalized spacial score (nSPS) is 19.0. The van der Waals surface area contributed by atoms with E-state index in [1.807, 2.05) is 30.5 Å². The highest BCUT2D eigenvalue weighted by atomic mass is 16.6. The van der Waals surface area contributed by atoms with Gasteiger partial charge in [0.1, 0.15) is 0 Å². The second kappa shape index (κ2) is 14.0. The molecule has 1 saturated heterocycles. The fourth-order valence-electron chi connectivity index (χ4n) is 2.97. The van der Waals surface area contributed by atoms with Crippen molar-refractivity contribution in [2.75, 3.05) is 84.1 Å². The molecule has 0 aliphatic carbocycles. The van der Waals surface area contributed by atoms with Crippen LogP contribution in [0.5, 0.6) is 0 Å². The zero-order chi connectivity index (χ0) is 20.7. The van der Waals surface area contributed by atoms with Gasteiger partial charge in [-0.3, -0.25) is 9.97 Å². The number of ether oxygens (including phenoxy) is 5. The minimum absolute atomic E-state index is 0.558. The van der Waals surface area contributed by atoms with E-state index in [0.717, 1.165) is 30.2 Å². The molecule has 0 saturated carbocycles. The molecular formula is C22H31N3O5. The largest absolute Gasteiger partial charge is 0.377 e. The van der Waals surface area contributed by atoms with Crippen LogP contribution in [0.15, 0.2) is 42.7 Å². The predicted octanol–water partition coefficient (Wildman–Crippen LogP) is 2.05. The Morgan fingerprint density at radius 2 is 1.10 bits per heavy atom. The number of rotatable bonds is 2. The molecular weight excluding hydrogens is 386 g/mol. The lowest BCUT2D eigenvalue weighted by atomic mass is 10.2. The van der Waals surface area contributed by atoms with Crippen LogP contribution in [-0.4, -0.2) is 89.1 Å². The highest BCUT2D eigenvalue weighted by Crippen LogP contribution is 2.20. The maximum atomic E-state index is 5.75. The van der Waals surface area contributed by atoms with Gasteiger partial charge in [0, 0.05) is 31.2 Å². The van der Waals surface area contributed by atoms with E-state index in [1.54, 1.807) is 6.20 Å². The molecule has 164 valence electrons. The van der Waals surface area contributed by atoms with Crippen molar-refractivity contribution in [3.8, 4) is 11.4 Å². The molecule has 3 rings (SSSR count). The van der Waals surface area contributed by atoms with Crippen LogP contribution in [-0.2, 0) is 23.7 Å². The van der Waals surface area contributed by atoms with Crippen LogP contribution in [0.2, 0.25) is 0 Å². The monoisotopic (exact) mass is 417 g/mol. The van der Waals surface area contributed by atoms with Crippen molar-refractivity contribution < 1.29 is 23.7 Å². The van der Waals surface area contributed by atoms with Crippen LogP contribution in [0.1, 0.15) is 0 Å². The van der Waals surface area contributed by atoms with Gasteiger partial charge in [0.15, 0.2) is 0 Å². The third kappa shape index (κ3) is 8.33. The topological polar surface area (TPSA) is 75.2 Å². The van der Waals surface area contributed by atoms with Gasteiger partial charge in [0.05, 0.1) is 77.5 Å². The number of hydrogen-bond acceptors (Lipinski definition) is 8. The predicted molar refractivity (Wildman–Crippen MR) is 114 cm³/mol. The summed E-state index contributed by atoms with van der Waals surface area (Å²) in [4.78, 5) is 11.1. The Bertz CT molecular complexity index is 686. The molecule has 0 radical (unpaired) electrons. The first-order valence-electron chi connectivity index (χ1n) is 10.4. The van der Waals surface area contributed by atoms with Crippen molar-refractivity contribution in [3.05, 3.63) is 42.7 Å². The maximum absolute atomic E-state index is 5.75. The van der Waals surface area contributed by atoms with Crippen LogP contribution in [0.3, 0.4) is 0 Å². The van der Waals surface area contributed by atoms with Gasteiger partial charge in [0.25, 0.3) is 0 Å². The van der Waals surface area contributed by atoms with Gasteiger partial charge in [-0.1, -0.05) is 6.07 Å². The number of anilines is 1. The van der Waals surface area contributed by atoms with E-state index in [9.17, 15) is 0 Å². The van der Waals surface area contributed by atoms with Gasteiger partial charge in [-0.25, -0.2) is 0 Å². The molecule has 2 aromatic heterocycles. The summed E-state index contributed by atoms with van der Waals surface area (Å²) >= 11 is 0. The standard InChI is InChI=1S/C22H31N3O5/c1-2-5-23-21(3-1)22-19-20(4-6-24-22)25-7-9-26-11-13-28-15-17-30-18-16-29-14-12-27-10-8-25/h1-6,19H,7-18H2. The molecule has 0 amide bonds. The molecule has 8 heteroatoms. The molecule has 3 heterocycles. The lowest BCUT2D eigenvalue weighted by Crippen LogP contribution is -2.31. The SMILES string of the molecule is c1ccc(-c2cc(N3CCOCCOCCOCCOCCOCC3)ccn2)nc1. The van der Waals surface area contributed by atoms with E-state index in [-0.39, 0.29) is 0 Å². The van der Waals surface area contributed by atoms with E-state index in [0.29, 0.717) is 66.1 Å². The van der Waals surface area contributed by atoms with Crippen LogP contribution >= 0.6 is 0 Å². The molecule has 1 aliphatic heterocycles. The molecule has 0 unspecified atom stereocenters. The zero-order valence-corrected chi connectivity index (χ0v) is 17.4. The van der Waals surface area contributed by atoms with Gasteiger partial charge in [-0.15, -0.1) is 0 Å². The average molecular weight is 418 g/mol. The Morgan fingerprint density at radius 1 is 0.567 bits per heavy atom. The number of nitrogens with zero attached hydrogens (tertiary/aromatic N) is 3. The molecule has 1 aliphatic rings. The maximum Gasteiger partial charge on any atom is 0.0906 e. The Labute approximate surface area is 178 Å². The summed E-state index contributed by atoms with van der Waals surface area (Å²) in [5.74, 6) is 0. The highest BCUT2D eigenvalue weighted by molar-refractivity contribution is 5.61. The van der Waals surface area contributed by atoms with Crippen molar-refractivity contribution in [2.24, 2.45) is 0 Å². The highest BCUT2D eigenvalue weighted by Gasteiger charge is 2.10. The summed E-state index contributed by atoms with van der Waals surface area (Å²) in [5, 5.41) is 0. The van der Waals surface area contributed by atoms with Crippen molar-refractivity contribution in [1.29, 1.82) is 0 Å². The van der Waals surface area contributed by atoms with Crippen LogP contribution in [0, 0.1) is 0 Å².